The smallest absolute Gasteiger partial charge is 0.338 e. The maximum atomic E-state index is 13.5. The normalized spacial score (nSPS) is 10.3. The molecule has 0 aromatic heterocycles. The van der Waals surface area contributed by atoms with E-state index in [1.807, 2.05) is 0 Å². The van der Waals surface area contributed by atoms with Crippen molar-refractivity contribution in [1.82, 2.24) is 0 Å². The quantitative estimate of drug-likeness (QED) is 0.913. The van der Waals surface area contributed by atoms with Gasteiger partial charge < -0.3 is 9.84 Å². The highest BCUT2D eigenvalue weighted by Crippen LogP contribution is 2.20. The molecule has 104 valence electrons. The van der Waals surface area contributed by atoms with Crippen molar-refractivity contribution in [1.29, 1.82) is 0 Å². The highest BCUT2D eigenvalue weighted by atomic mass is 79.9. The summed E-state index contributed by atoms with van der Waals surface area (Å²) in [5.41, 5.74) is -0.131. The average molecular weight is 343 g/mol. The Morgan fingerprint density at radius 3 is 2.55 bits per heavy atom. The Labute approximate surface area is 121 Å². The summed E-state index contributed by atoms with van der Waals surface area (Å²) in [5, 5.41) is 8.70. The first-order valence-corrected chi connectivity index (χ1v) is 6.36. The molecule has 2 aromatic rings. The lowest BCUT2D eigenvalue weighted by atomic mass is 10.2. The molecule has 0 saturated heterocycles. The minimum absolute atomic E-state index is 0.0862. The van der Waals surface area contributed by atoms with Crippen molar-refractivity contribution in [2.75, 3.05) is 0 Å². The minimum atomic E-state index is -1.35. The van der Waals surface area contributed by atoms with E-state index in [1.165, 1.54) is 12.1 Å². The first-order chi connectivity index (χ1) is 9.47. The van der Waals surface area contributed by atoms with Crippen molar-refractivity contribution in [3.8, 4) is 5.75 Å². The zero-order chi connectivity index (χ0) is 14.7. The van der Waals surface area contributed by atoms with Crippen LogP contribution in [0.5, 0.6) is 5.75 Å². The summed E-state index contributed by atoms with van der Waals surface area (Å²) in [5.74, 6) is -2.56. The highest BCUT2D eigenvalue weighted by molar-refractivity contribution is 9.10. The van der Waals surface area contributed by atoms with Crippen LogP contribution in [-0.4, -0.2) is 11.1 Å². The van der Waals surface area contributed by atoms with E-state index in [0.29, 0.717) is 10.0 Å². The number of rotatable bonds is 4. The summed E-state index contributed by atoms with van der Waals surface area (Å²) in [6, 6.07) is 7.78. The van der Waals surface area contributed by atoms with Gasteiger partial charge in [-0.2, -0.15) is 0 Å². The summed E-state index contributed by atoms with van der Waals surface area (Å²) in [4.78, 5) is 10.7. The number of hydrogen-bond donors (Lipinski definition) is 1. The second kappa shape index (κ2) is 6.00. The molecule has 0 aliphatic rings. The van der Waals surface area contributed by atoms with Crippen molar-refractivity contribution >= 4 is 21.9 Å². The lowest BCUT2D eigenvalue weighted by molar-refractivity contribution is 0.0692. The van der Waals surface area contributed by atoms with Gasteiger partial charge in [-0.05, 0) is 30.3 Å². The first-order valence-electron chi connectivity index (χ1n) is 5.57. The number of hydrogen-bond acceptors (Lipinski definition) is 2. The van der Waals surface area contributed by atoms with Crippen LogP contribution in [0.25, 0.3) is 0 Å². The Bertz CT molecular complexity index is 659. The van der Waals surface area contributed by atoms with Crippen molar-refractivity contribution in [2.24, 2.45) is 0 Å². The second-order valence-corrected chi connectivity index (χ2v) is 4.89. The Hall–Kier alpha value is -1.95. The Morgan fingerprint density at radius 2 is 1.90 bits per heavy atom. The molecule has 2 rings (SSSR count). The van der Waals surface area contributed by atoms with E-state index in [2.05, 4.69) is 15.9 Å². The third-order valence-electron chi connectivity index (χ3n) is 2.57. The zero-order valence-electron chi connectivity index (χ0n) is 10.1. The molecule has 0 amide bonds. The highest BCUT2D eigenvalue weighted by Gasteiger charge is 2.11. The molecule has 6 heteroatoms. The molecule has 0 radical (unpaired) electrons. The standard InChI is InChI=1S/C14H9BrF2O3/c15-9-1-4-12(16)8(5-9)7-20-10-2-3-11(14(18)19)13(17)6-10/h1-6H,7H2,(H,18,19). The van der Waals surface area contributed by atoms with Crippen LogP contribution in [-0.2, 0) is 6.61 Å². The third-order valence-corrected chi connectivity index (χ3v) is 3.07. The van der Waals surface area contributed by atoms with E-state index in [-0.39, 0.29) is 12.4 Å². The third kappa shape index (κ3) is 3.33. The summed E-state index contributed by atoms with van der Waals surface area (Å²) >= 11 is 3.21. The van der Waals surface area contributed by atoms with Gasteiger partial charge in [-0.15, -0.1) is 0 Å². The van der Waals surface area contributed by atoms with Gasteiger partial charge in [-0.3, -0.25) is 0 Å². The molecule has 2 aromatic carbocycles. The van der Waals surface area contributed by atoms with Gasteiger partial charge in [-0.25, -0.2) is 13.6 Å². The predicted molar refractivity (Wildman–Crippen MR) is 71.8 cm³/mol. The van der Waals surface area contributed by atoms with Crippen LogP contribution in [0.3, 0.4) is 0 Å². The van der Waals surface area contributed by atoms with E-state index in [4.69, 9.17) is 9.84 Å². The van der Waals surface area contributed by atoms with E-state index in [0.717, 1.165) is 12.1 Å². The molecular weight excluding hydrogens is 334 g/mol. The summed E-state index contributed by atoms with van der Waals surface area (Å²) < 4.78 is 32.8. The van der Waals surface area contributed by atoms with Crippen LogP contribution >= 0.6 is 15.9 Å². The largest absolute Gasteiger partial charge is 0.489 e. The van der Waals surface area contributed by atoms with E-state index in [1.54, 1.807) is 12.1 Å². The molecule has 0 aliphatic heterocycles. The molecule has 0 unspecified atom stereocenters. The fraction of sp³-hybridized carbons (Fsp3) is 0.0714. The number of ether oxygens (including phenoxy) is 1. The molecule has 0 atom stereocenters. The van der Waals surface area contributed by atoms with Crippen LogP contribution in [0, 0.1) is 11.6 Å². The Balaban J connectivity index is 2.13. The summed E-state index contributed by atoms with van der Waals surface area (Å²) in [7, 11) is 0. The van der Waals surface area contributed by atoms with E-state index in [9.17, 15) is 13.6 Å². The maximum absolute atomic E-state index is 13.5. The Morgan fingerprint density at radius 1 is 1.15 bits per heavy atom. The lowest BCUT2D eigenvalue weighted by Crippen LogP contribution is -2.02. The minimum Gasteiger partial charge on any atom is -0.489 e. The number of benzene rings is 2. The SMILES string of the molecule is O=C(O)c1ccc(OCc2cc(Br)ccc2F)cc1F. The number of aromatic carboxylic acids is 1. The van der Waals surface area contributed by atoms with Crippen LogP contribution in [0.4, 0.5) is 8.78 Å². The van der Waals surface area contributed by atoms with Gasteiger partial charge >= 0.3 is 5.97 Å². The maximum Gasteiger partial charge on any atom is 0.338 e. The molecule has 0 aliphatic carbocycles. The summed E-state index contributed by atoms with van der Waals surface area (Å²) in [6.45, 7) is -0.0862. The van der Waals surface area contributed by atoms with Crippen LogP contribution in [0.15, 0.2) is 40.9 Å². The van der Waals surface area contributed by atoms with Crippen LogP contribution in [0.2, 0.25) is 0 Å². The van der Waals surface area contributed by atoms with Gasteiger partial charge in [0.2, 0.25) is 0 Å². The number of halogens is 3. The monoisotopic (exact) mass is 342 g/mol. The molecule has 0 fully saturated rings. The van der Waals surface area contributed by atoms with Crippen molar-refractivity contribution in [3.05, 3.63) is 63.6 Å². The average Bonchev–Trinajstić information content (AvgIpc) is 2.39. The number of carboxylic acids is 1. The Kier molecular flexibility index (Phi) is 4.34. The van der Waals surface area contributed by atoms with E-state index < -0.39 is 23.2 Å². The second-order valence-electron chi connectivity index (χ2n) is 3.97. The summed E-state index contributed by atoms with van der Waals surface area (Å²) in [6.07, 6.45) is 0. The molecule has 0 spiro atoms. The molecule has 20 heavy (non-hydrogen) atoms. The molecule has 0 bridgehead atoms. The van der Waals surface area contributed by atoms with Gasteiger partial charge in [0.05, 0.1) is 5.56 Å². The number of carboxylic acid groups (broad SMARTS) is 1. The van der Waals surface area contributed by atoms with Gasteiger partial charge in [0.1, 0.15) is 24.0 Å². The predicted octanol–water partition coefficient (Wildman–Crippen LogP) is 4.00. The first kappa shape index (κ1) is 14.5. The molecule has 0 heterocycles. The fourth-order valence-electron chi connectivity index (χ4n) is 1.57. The van der Waals surface area contributed by atoms with Crippen molar-refractivity contribution in [3.63, 3.8) is 0 Å². The van der Waals surface area contributed by atoms with Crippen molar-refractivity contribution < 1.29 is 23.4 Å². The zero-order valence-corrected chi connectivity index (χ0v) is 11.7. The van der Waals surface area contributed by atoms with Crippen molar-refractivity contribution in [2.45, 2.75) is 6.61 Å². The van der Waals surface area contributed by atoms with Gasteiger partial charge in [0, 0.05) is 16.1 Å². The molecule has 0 saturated carbocycles. The van der Waals surface area contributed by atoms with E-state index >= 15 is 0 Å². The van der Waals surface area contributed by atoms with Crippen LogP contribution in [0.1, 0.15) is 15.9 Å². The van der Waals surface area contributed by atoms with Gasteiger partial charge in [0.15, 0.2) is 0 Å². The molecule has 1 N–H and O–H groups in total. The topological polar surface area (TPSA) is 46.5 Å². The fourth-order valence-corrected chi connectivity index (χ4v) is 1.98. The molecular formula is C14H9BrF2O3. The van der Waals surface area contributed by atoms with Gasteiger partial charge in [-0.1, -0.05) is 15.9 Å². The molecule has 3 nitrogen and oxygen atoms in total. The van der Waals surface area contributed by atoms with Crippen LogP contribution < -0.4 is 4.74 Å². The van der Waals surface area contributed by atoms with Gasteiger partial charge in [0.25, 0.3) is 0 Å². The number of carbonyl (C=O) groups is 1. The lowest BCUT2D eigenvalue weighted by Gasteiger charge is -2.08.